The molecule has 0 saturated carbocycles. The van der Waals surface area contributed by atoms with Gasteiger partial charge in [-0.15, -0.1) is 0 Å². The van der Waals surface area contributed by atoms with Crippen LogP contribution < -0.4 is 14.8 Å². The molecule has 0 bridgehead atoms. The molecule has 0 saturated heterocycles. The third-order valence-electron chi connectivity index (χ3n) is 3.24. The second kappa shape index (κ2) is 4.28. The van der Waals surface area contributed by atoms with Crippen LogP contribution in [-0.4, -0.2) is 28.8 Å². The zero-order chi connectivity index (χ0) is 13.5. The third-order valence-corrected chi connectivity index (χ3v) is 3.24. The molecule has 0 atom stereocenters. The Morgan fingerprint density at radius 1 is 1.10 bits per heavy atom. The number of benzene rings is 1. The molecule has 3 heterocycles. The molecule has 2 aromatic heterocycles. The lowest BCUT2D eigenvalue weighted by molar-refractivity contribution is 0.174. The van der Waals surface area contributed by atoms with E-state index in [-0.39, 0.29) is 6.79 Å². The Balaban J connectivity index is 1.94. The number of rotatable bonds is 2. The summed E-state index contributed by atoms with van der Waals surface area (Å²) in [5.74, 6) is 2.22. The van der Waals surface area contributed by atoms with Gasteiger partial charge in [0.2, 0.25) is 6.79 Å². The maximum absolute atomic E-state index is 5.38. The van der Waals surface area contributed by atoms with Crippen molar-refractivity contribution >= 4 is 21.9 Å². The lowest BCUT2D eigenvalue weighted by atomic mass is 10.1. The largest absolute Gasteiger partial charge is 0.454 e. The molecule has 3 aromatic rings. The molecule has 1 aliphatic heterocycles. The second-order valence-corrected chi connectivity index (χ2v) is 4.62. The van der Waals surface area contributed by atoms with Crippen LogP contribution in [-0.2, 0) is 6.54 Å². The monoisotopic (exact) mass is 268 g/mol. The van der Waals surface area contributed by atoms with Crippen molar-refractivity contribution in [3.8, 4) is 11.5 Å². The molecule has 0 fully saturated rings. The number of hydrogen-bond acceptors (Lipinski definition) is 6. The van der Waals surface area contributed by atoms with Gasteiger partial charge in [0.05, 0.1) is 12.1 Å². The number of hydrogen-bond donors (Lipinski definition) is 1. The molecule has 4 rings (SSSR count). The van der Waals surface area contributed by atoms with Gasteiger partial charge < -0.3 is 14.8 Å². The Morgan fingerprint density at radius 2 is 1.95 bits per heavy atom. The summed E-state index contributed by atoms with van der Waals surface area (Å²) in [7, 11) is 1.86. The molecule has 1 N–H and O–H groups in total. The summed E-state index contributed by atoms with van der Waals surface area (Å²) >= 11 is 0. The fourth-order valence-electron chi connectivity index (χ4n) is 2.29. The van der Waals surface area contributed by atoms with Crippen molar-refractivity contribution in [1.29, 1.82) is 0 Å². The van der Waals surface area contributed by atoms with E-state index in [1.807, 2.05) is 25.2 Å². The van der Waals surface area contributed by atoms with Gasteiger partial charge in [-0.2, -0.15) is 0 Å². The fraction of sp³-hybridized carbons (Fsp3) is 0.214. The van der Waals surface area contributed by atoms with Crippen LogP contribution in [0.1, 0.15) is 5.82 Å². The number of fused-ring (bicyclic) bond motifs is 3. The van der Waals surface area contributed by atoms with Crippen molar-refractivity contribution in [3.05, 3.63) is 30.2 Å². The van der Waals surface area contributed by atoms with E-state index in [9.17, 15) is 0 Å². The standard InChI is InChI=1S/C14H12N4O2/c1-15-6-13-16-5-9-2-8-3-11-12(20-7-19-11)4-10(8)17-14(9)18-13/h2-5,15H,6-7H2,1H3. The summed E-state index contributed by atoms with van der Waals surface area (Å²) in [5.41, 5.74) is 1.53. The lowest BCUT2D eigenvalue weighted by Gasteiger charge is -2.04. The third kappa shape index (κ3) is 1.73. The van der Waals surface area contributed by atoms with Crippen LogP contribution in [0, 0.1) is 0 Å². The van der Waals surface area contributed by atoms with Gasteiger partial charge in [-0.25, -0.2) is 15.0 Å². The molecule has 0 unspecified atom stereocenters. The van der Waals surface area contributed by atoms with Crippen molar-refractivity contribution in [2.75, 3.05) is 13.8 Å². The summed E-state index contributed by atoms with van der Waals surface area (Å²) in [6, 6.07) is 5.84. The molecular formula is C14H12N4O2. The molecule has 0 aliphatic carbocycles. The number of pyridine rings is 1. The van der Waals surface area contributed by atoms with Gasteiger partial charge in [0.15, 0.2) is 17.1 Å². The van der Waals surface area contributed by atoms with Crippen molar-refractivity contribution < 1.29 is 9.47 Å². The van der Waals surface area contributed by atoms with Crippen LogP contribution in [0.25, 0.3) is 21.9 Å². The highest BCUT2D eigenvalue weighted by molar-refractivity contribution is 5.92. The maximum Gasteiger partial charge on any atom is 0.231 e. The molecule has 20 heavy (non-hydrogen) atoms. The Labute approximate surface area is 114 Å². The molecule has 6 heteroatoms. The normalized spacial score (nSPS) is 13.2. The molecule has 6 nitrogen and oxygen atoms in total. The molecule has 1 aromatic carbocycles. The van der Waals surface area contributed by atoms with Crippen molar-refractivity contribution in [2.24, 2.45) is 0 Å². The van der Waals surface area contributed by atoms with Gasteiger partial charge in [-0.1, -0.05) is 0 Å². The molecular weight excluding hydrogens is 256 g/mol. The van der Waals surface area contributed by atoms with Gasteiger partial charge in [0.1, 0.15) is 5.82 Å². The van der Waals surface area contributed by atoms with E-state index in [1.165, 1.54) is 0 Å². The maximum atomic E-state index is 5.38. The van der Waals surface area contributed by atoms with Gasteiger partial charge >= 0.3 is 0 Å². The average molecular weight is 268 g/mol. The minimum atomic E-state index is 0.261. The van der Waals surface area contributed by atoms with Gasteiger partial charge in [-0.3, -0.25) is 0 Å². The van der Waals surface area contributed by atoms with E-state index in [1.54, 1.807) is 6.20 Å². The Morgan fingerprint density at radius 3 is 2.80 bits per heavy atom. The van der Waals surface area contributed by atoms with Crippen LogP contribution >= 0.6 is 0 Å². The summed E-state index contributed by atoms with van der Waals surface area (Å²) in [5, 5.41) is 4.94. The minimum absolute atomic E-state index is 0.261. The van der Waals surface area contributed by atoms with E-state index in [2.05, 4.69) is 20.3 Å². The first kappa shape index (κ1) is 11.4. The molecule has 0 amide bonds. The second-order valence-electron chi connectivity index (χ2n) is 4.62. The first-order chi connectivity index (χ1) is 9.83. The first-order valence-corrected chi connectivity index (χ1v) is 6.34. The number of aromatic nitrogens is 3. The van der Waals surface area contributed by atoms with Crippen molar-refractivity contribution in [1.82, 2.24) is 20.3 Å². The average Bonchev–Trinajstić information content (AvgIpc) is 2.90. The highest BCUT2D eigenvalue weighted by Gasteiger charge is 2.15. The van der Waals surface area contributed by atoms with Crippen molar-refractivity contribution in [3.63, 3.8) is 0 Å². The first-order valence-electron chi connectivity index (χ1n) is 6.34. The Kier molecular flexibility index (Phi) is 2.43. The molecule has 0 radical (unpaired) electrons. The molecule has 0 spiro atoms. The number of ether oxygens (including phenoxy) is 2. The molecule has 100 valence electrons. The van der Waals surface area contributed by atoms with Gasteiger partial charge in [-0.05, 0) is 19.2 Å². The van der Waals surface area contributed by atoms with E-state index in [0.717, 1.165) is 33.6 Å². The Bertz CT molecular complexity index is 819. The molecule has 1 aliphatic rings. The van der Waals surface area contributed by atoms with Gasteiger partial charge in [0.25, 0.3) is 0 Å². The van der Waals surface area contributed by atoms with E-state index < -0.39 is 0 Å². The predicted molar refractivity (Wildman–Crippen MR) is 73.7 cm³/mol. The van der Waals surface area contributed by atoms with E-state index >= 15 is 0 Å². The van der Waals surface area contributed by atoms with Gasteiger partial charge in [0, 0.05) is 23.0 Å². The number of nitrogens with zero attached hydrogens (tertiary/aromatic N) is 3. The SMILES string of the molecule is CNCc1ncc2cc3cc4c(cc3nc2n1)OCO4. The van der Waals surface area contributed by atoms with E-state index in [4.69, 9.17) is 9.47 Å². The van der Waals surface area contributed by atoms with Crippen LogP contribution in [0.3, 0.4) is 0 Å². The van der Waals surface area contributed by atoms with Crippen LogP contribution in [0.2, 0.25) is 0 Å². The minimum Gasteiger partial charge on any atom is -0.454 e. The quantitative estimate of drug-likeness (QED) is 0.712. The van der Waals surface area contributed by atoms with Crippen LogP contribution in [0.4, 0.5) is 0 Å². The van der Waals surface area contributed by atoms with Crippen LogP contribution in [0.15, 0.2) is 24.4 Å². The van der Waals surface area contributed by atoms with E-state index in [0.29, 0.717) is 12.2 Å². The smallest absolute Gasteiger partial charge is 0.231 e. The number of nitrogens with one attached hydrogen (secondary N) is 1. The lowest BCUT2D eigenvalue weighted by Crippen LogP contribution is -2.09. The zero-order valence-corrected chi connectivity index (χ0v) is 10.9. The summed E-state index contributed by atoms with van der Waals surface area (Å²) in [4.78, 5) is 13.3. The summed E-state index contributed by atoms with van der Waals surface area (Å²) in [6.07, 6.45) is 1.80. The zero-order valence-electron chi connectivity index (χ0n) is 10.9. The highest BCUT2D eigenvalue weighted by Crippen LogP contribution is 2.36. The van der Waals surface area contributed by atoms with Crippen LogP contribution in [0.5, 0.6) is 11.5 Å². The fourth-order valence-corrected chi connectivity index (χ4v) is 2.29. The summed E-state index contributed by atoms with van der Waals surface area (Å²) in [6.45, 7) is 0.883. The summed E-state index contributed by atoms with van der Waals surface area (Å²) < 4.78 is 10.8. The topological polar surface area (TPSA) is 69.2 Å². The highest BCUT2D eigenvalue weighted by atomic mass is 16.7. The predicted octanol–water partition coefficient (Wildman–Crippen LogP) is 1.63. The van der Waals surface area contributed by atoms with Crippen molar-refractivity contribution in [2.45, 2.75) is 6.54 Å². The Hall–Kier alpha value is -2.47.